The summed E-state index contributed by atoms with van der Waals surface area (Å²) in [5.41, 5.74) is 17.1. The second kappa shape index (κ2) is 12.3. The highest BCUT2D eigenvalue weighted by molar-refractivity contribution is 7.69. The molecule has 2 rings (SSSR count). The van der Waals surface area contributed by atoms with E-state index in [9.17, 15) is 0 Å². The van der Waals surface area contributed by atoms with Crippen LogP contribution in [0.25, 0.3) is 20.9 Å². The molecule has 0 bridgehead atoms. The van der Waals surface area contributed by atoms with Crippen molar-refractivity contribution in [2.24, 2.45) is 10.2 Å². The molecule has 0 heterocycles. The first kappa shape index (κ1) is 20.2. The molecule has 0 aliphatic rings. The van der Waals surface area contributed by atoms with Gasteiger partial charge in [0.05, 0.1) is 48.3 Å². The number of nitrogens with zero attached hydrogens (tertiary/aromatic N) is 6. The van der Waals surface area contributed by atoms with E-state index in [1.54, 1.807) is 0 Å². The van der Waals surface area contributed by atoms with Gasteiger partial charge in [-0.2, -0.15) is 0 Å². The zero-order valence-corrected chi connectivity index (χ0v) is 16.7. The Labute approximate surface area is 156 Å². The SMILES string of the molecule is [N-]=[N+]=NCC[PH+](CC[PH+](CCN=[N+]=[N-])c1ccccc1)c1ccccc1. The summed E-state index contributed by atoms with van der Waals surface area (Å²) in [5.74, 6) is 0. The largest absolute Gasteiger partial charge is 0.0956 e. The molecule has 0 saturated carbocycles. The number of hydrogen-bond donors (Lipinski definition) is 0. The summed E-state index contributed by atoms with van der Waals surface area (Å²) in [7, 11) is -1.54. The Bertz CT molecular complexity index is 677. The summed E-state index contributed by atoms with van der Waals surface area (Å²) < 4.78 is 0. The minimum absolute atomic E-state index is 0.561. The van der Waals surface area contributed by atoms with Gasteiger partial charge in [0.25, 0.3) is 0 Å². The lowest BCUT2D eigenvalue weighted by molar-refractivity contribution is 1.10. The Kier molecular flexibility index (Phi) is 9.57. The molecule has 0 amide bonds. The molecule has 26 heavy (non-hydrogen) atoms. The highest BCUT2D eigenvalue weighted by atomic mass is 31.1. The average molecular weight is 386 g/mol. The summed E-state index contributed by atoms with van der Waals surface area (Å²) in [6.07, 6.45) is 4.21. The van der Waals surface area contributed by atoms with E-state index >= 15 is 0 Å². The third kappa shape index (κ3) is 7.04. The van der Waals surface area contributed by atoms with Gasteiger partial charge < -0.3 is 0 Å². The molecule has 0 aliphatic heterocycles. The van der Waals surface area contributed by atoms with Crippen LogP contribution >= 0.6 is 15.8 Å². The molecule has 0 radical (unpaired) electrons. The summed E-state index contributed by atoms with van der Waals surface area (Å²) in [5, 5.41) is 10.3. The fraction of sp³-hybridized carbons (Fsp3) is 0.333. The van der Waals surface area contributed by atoms with E-state index in [0.717, 1.165) is 24.6 Å². The van der Waals surface area contributed by atoms with Crippen LogP contribution in [0.2, 0.25) is 0 Å². The molecule has 2 aromatic rings. The van der Waals surface area contributed by atoms with Crippen LogP contribution in [-0.2, 0) is 0 Å². The number of azide groups is 2. The molecule has 0 N–H and O–H groups in total. The van der Waals surface area contributed by atoms with E-state index in [4.69, 9.17) is 11.1 Å². The van der Waals surface area contributed by atoms with Gasteiger partial charge in [-0.1, -0.05) is 46.6 Å². The first-order valence-electron chi connectivity index (χ1n) is 8.67. The normalized spacial score (nSPS) is 12.5. The molecule has 0 fully saturated rings. The van der Waals surface area contributed by atoms with Gasteiger partial charge in [0.15, 0.2) is 0 Å². The molecular weight excluding hydrogens is 362 g/mol. The Morgan fingerprint density at radius 2 is 1.00 bits per heavy atom. The zero-order valence-electron chi connectivity index (χ0n) is 14.7. The lowest BCUT2D eigenvalue weighted by atomic mass is 10.4. The number of hydrogen-bond acceptors (Lipinski definition) is 2. The second-order valence-corrected chi connectivity index (χ2v) is 11.4. The Morgan fingerprint density at radius 1 is 0.615 bits per heavy atom. The van der Waals surface area contributed by atoms with Crippen molar-refractivity contribution in [1.82, 2.24) is 0 Å². The molecule has 0 saturated heterocycles. The lowest BCUT2D eigenvalue weighted by Crippen LogP contribution is -2.13. The van der Waals surface area contributed by atoms with Crippen LogP contribution < -0.4 is 10.6 Å². The molecular formula is C18H24N6P2+2. The number of benzene rings is 2. The van der Waals surface area contributed by atoms with Crippen molar-refractivity contribution in [3.8, 4) is 0 Å². The quantitative estimate of drug-likeness (QED) is 0.232. The summed E-state index contributed by atoms with van der Waals surface area (Å²) >= 11 is 0. The minimum Gasteiger partial charge on any atom is -0.0902 e. The Hall–Kier alpha value is -2.08. The predicted molar refractivity (Wildman–Crippen MR) is 116 cm³/mol. The smallest absolute Gasteiger partial charge is 0.0902 e. The van der Waals surface area contributed by atoms with Crippen LogP contribution in [0.3, 0.4) is 0 Å². The van der Waals surface area contributed by atoms with Crippen molar-refractivity contribution < 1.29 is 0 Å². The molecule has 0 spiro atoms. The van der Waals surface area contributed by atoms with Gasteiger partial charge in [-0.3, -0.25) is 0 Å². The molecule has 2 unspecified atom stereocenters. The highest BCUT2D eigenvalue weighted by Crippen LogP contribution is 2.41. The molecule has 134 valence electrons. The Morgan fingerprint density at radius 3 is 1.35 bits per heavy atom. The van der Waals surface area contributed by atoms with E-state index in [1.807, 2.05) is 12.1 Å². The molecule has 6 nitrogen and oxygen atoms in total. The molecule has 0 aromatic heterocycles. The summed E-state index contributed by atoms with van der Waals surface area (Å²) in [6, 6.07) is 21.2. The van der Waals surface area contributed by atoms with Gasteiger partial charge in [0, 0.05) is 25.7 Å². The minimum atomic E-state index is -0.770. The van der Waals surface area contributed by atoms with Gasteiger partial charge in [0.2, 0.25) is 0 Å². The topological polar surface area (TPSA) is 97.5 Å². The van der Waals surface area contributed by atoms with E-state index in [0.29, 0.717) is 13.1 Å². The first-order chi connectivity index (χ1) is 12.8. The third-order valence-corrected chi connectivity index (χ3v) is 10.4. The van der Waals surface area contributed by atoms with Crippen LogP contribution in [0.1, 0.15) is 0 Å². The van der Waals surface area contributed by atoms with Crippen LogP contribution in [0.5, 0.6) is 0 Å². The van der Waals surface area contributed by atoms with Crippen LogP contribution in [-0.4, -0.2) is 37.7 Å². The van der Waals surface area contributed by atoms with Gasteiger partial charge in [-0.15, -0.1) is 0 Å². The highest BCUT2D eigenvalue weighted by Gasteiger charge is 2.25. The summed E-state index contributed by atoms with van der Waals surface area (Å²) in [4.78, 5) is 5.79. The Balaban J connectivity index is 2.08. The van der Waals surface area contributed by atoms with Crippen molar-refractivity contribution in [1.29, 1.82) is 0 Å². The van der Waals surface area contributed by atoms with Crippen LogP contribution in [0.4, 0.5) is 0 Å². The molecule has 2 aromatic carbocycles. The zero-order chi connectivity index (χ0) is 18.5. The lowest BCUT2D eigenvalue weighted by Gasteiger charge is -2.13. The molecule has 8 heteroatoms. The maximum absolute atomic E-state index is 8.57. The standard InChI is InChI=1S/C18H22N6P2/c19-23-21-11-13-25(17-7-3-1-4-8-17)15-16-26(14-12-22-24-20)18-9-5-2-6-10-18/h1-10H,11-16H2/p+2. The molecule has 0 aliphatic carbocycles. The number of rotatable bonds is 11. The fourth-order valence-electron chi connectivity index (χ4n) is 2.94. The van der Waals surface area contributed by atoms with Crippen molar-refractivity contribution >= 4 is 26.5 Å². The first-order valence-corrected chi connectivity index (χ1v) is 12.5. The van der Waals surface area contributed by atoms with Crippen molar-refractivity contribution in [2.45, 2.75) is 0 Å². The monoisotopic (exact) mass is 386 g/mol. The van der Waals surface area contributed by atoms with E-state index in [2.05, 4.69) is 68.6 Å². The maximum Gasteiger partial charge on any atom is 0.0956 e. The van der Waals surface area contributed by atoms with Crippen molar-refractivity contribution in [3.05, 3.63) is 81.5 Å². The van der Waals surface area contributed by atoms with Gasteiger partial charge in [0.1, 0.15) is 0 Å². The van der Waals surface area contributed by atoms with Gasteiger partial charge in [-0.05, 0) is 35.3 Å². The van der Waals surface area contributed by atoms with Gasteiger partial charge >= 0.3 is 0 Å². The summed E-state index contributed by atoms with van der Waals surface area (Å²) in [6.45, 7) is 1.12. The van der Waals surface area contributed by atoms with Crippen LogP contribution in [0.15, 0.2) is 70.9 Å². The van der Waals surface area contributed by atoms with Crippen molar-refractivity contribution in [3.63, 3.8) is 0 Å². The van der Waals surface area contributed by atoms with Gasteiger partial charge in [-0.25, -0.2) is 0 Å². The second-order valence-electron chi connectivity index (χ2n) is 5.85. The van der Waals surface area contributed by atoms with E-state index < -0.39 is 15.8 Å². The molecule has 2 atom stereocenters. The van der Waals surface area contributed by atoms with E-state index in [-0.39, 0.29) is 0 Å². The van der Waals surface area contributed by atoms with Crippen LogP contribution in [0, 0.1) is 0 Å². The predicted octanol–water partition coefficient (Wildman–Crippen LogP) is 4.69. The fourth-order valence-corrected chi connectivity index (χ4v) is 9.07. The van der Waals surface area contributed by atoms with Crippen molar-refractivity contribution in [2.75, 3.05) is 37.7 Å². The average Bonchev–Trinajstić information content (AvgIpc) is 2.70. The maximum atomic E-state index is 8.57. The third-order valence-electron chi connectivity index (χ3n) is 4.25. The van der Waals surface area contributed by atoms with E-state index in [1.165, 1.54) is 10.6 Å².